The van der Waals surface area contributed by atoms with E-state index in [4.69, 9.17) is 4.52 Å². The first kappa shape index (κ1) is 26.6. The summed E-state index contributed by atoms with van der Waals surface area (Å²) in [5.74, 6) is -0.478. The fraction of sp³-hybridized carbons (Fsp3) is 0.680. The van der Waals surface area contributed by atoms with Crippen LogP contribution >= 0.6 is 6.83 Å². The summed E-state index contributed by atoms with van der Waals surface area (Å²) in [6.07, 6.45) is 13.1. The SMILES string of the molecule is CCCCP(CCCC)(CCCC)(CCCC)OC(=O)CNC(=O)c1ccccc1. The number of rotatable bonds is 16. The van der Waals surface area contributed by atoms with E-state index < -0.39 is 6.83 Å². The Morgan fingerprint density at radius 2 is 1.20 bits per heavy atom. The number of carbonyl (C=O) groups excluding carboxylic acids is 2. The summed E-state index contributed by atoms with van der Waals surface area (Å²) in [6, 6.07) is 9.03. The van der Waals surface area contributed by atoms with E-state index in [0.29, 0.717) is 5.56 Å². The molecule has 4 nitrogen and oxygen atoms in total. The van der Waals surface area contributed by atoms with Crippen LogP contribution in [-0.4, -0.2) is 43.1 Å². The van der Waals surface area contributed by atoms with Crippen molar-refractivity contribution in [3.63, 3.8) is 0 Å². The second kappa shape index (κ2) is 13.8. The van der Waals surface area contributed by atoms with Crippen LogP contribution in [0.5, 0.6) is 0 Å². The van der Waals surface area contributed by atoms with E-state index in [9.17, 15) is 9.59 Å². The molecule has 1 rings (SSSR count). The third kappa shape index (κ3) is 8.38. The topological polar surface area (TPSA) is 55.4 Å². The predicted molar refractivity (Wildman–Crippen MR) is 131 cm³/mol. The number of nitrogens with one attached hydrogen (secondary N) is 1. The molecule has 172 valence electrons. The molecule has 0 aliphatic heterocycles. The fourth-order valence-corrected chi connectivity index (χ4v) is 11.1. The van der Waals surface area contributed by atoms with Gasteiger partial charge >= 0.3 is 184 Å². The zero-order valence-corrected chi connectivity index (χ0v) is 20.6. The molecule has 1 N–H and O–H groups in total. The molecule has 30 heavy (non-hydrogen) atoms. The molecule has 0 fully saturated rings. The molecule has 0 heterocycles. The van der Waals surface area contributed by atoms with E-state index in [1.54, 1.807) is 12.1 Å². The van der Waals surface area contributed by atoms with E-state index in [2.05, 4.69) is 33.0 Å². The first-order chi connectivity index (χ1) is 14.4. The molecule has 0 bridgehead atoms. The zero-order chi connectivity index (χ0) is 22.3. The first-order valence-corrected chi connectivity index (χ1v) is 14.9. The van der Waals surface area contributed by atoms with Crippen LogP contribution in [0.2, 0.25) is 0 Å². The monoisotopic (exact) mass is 437 g/mol. The van der Waals surface area contributed by atoms with Gasteiger partial charge in [-0.2, -0.15) is 0 Å². The summed E-state index contributed by atoms with van der Waals surface area (Å²) in [6.45, 7) is 6.16. The van der Waals surface area contributed by atoms with Gasteiger partial charge in [0.25, 0.3) is 0 Å². The Balaban J connectivity index is 3.03. The Morgan fingerprint density at radius 3 is 1.60 bits per heavy atom. The van der Waals surface area contributed by atoms with Crippen LogP contribution in [0.1, 0.15) is 89.4 Å². The van der Waals surface area contributed by atoms with E-state index in [0.717, 1.165) is 76.0 Å². The molecule has 1 amide bonds. The van der Waals surface area contributed by atoms with Gasteiger partial charge in [0.05, 0.1) is 0 Å². The van der Waals surface area contributed by atoms with Crippen molar-refractivity contribution in [1.82, 2.24) is 5.32 Å². The van der Waals surface area contributed by atoms with Crippen molar-refractivity contribution < 1.29 is 14.1 Å². The number of hydrogen-bond donors (Lipinski definition) is 1. The molecule has 0 saturated carbocycles. The van der Waals surface area contributed by atoms with E-state index in [-0.39, 0.29) is 18.4 Å². The van der Waals surface area contributed by atoms with Crippen molar-refractivity contribution in [1.29, 1.82) is 0 Å². The molecule has 1 aromatic rings. The number of unbranched alkanes of at least 4 members (excludes halogenated alkanes) is 4. The second-order valence-electron chi connectivity index (χ2n) is 8.68. The van der Waals surface area contributed by atoms with Crippen LogP contribution in [0.15, 0.2) is 30.3 Å². The van der Waals surface area contributed by atoms with Gasteiger partial charge in [-0.3, -0.25) is 0 Å². The Hall–Kier alpha value is -1.41. The number of carbonyl (C=O) groups is 2. The van der Waals surface area contributed by atoms with Gasteiger partial charge in [0.15, 0.2) is 0 Å². The standard InChI is InChI=1S/C25H44NO3P/c1-5-9-18-30(19-10-6-2,20-11-7-3,21-12-8-4)29-24(27)22-26-25(28)23-16-14-13-15-17-23/h13-17H,5-12,18-22H2,1-4H3,(H,26,28). The molecule has 0 atom stereocenters. The first-order valence-electron chi connectivity index (χ1n) is 12.0. The third-order valence-corrected chi connectivity index (χ3v) is 12.6. The van der Waals surface area contributed by atoms with Crippen LogP contribution in [0.25, 0.3) is 0 Å². The summed E-state index contributed by atoms with van der Waals surface area (Å²) >= 11 is 0. The van der Waals surface area contributed by atoms with Crippen molar-refractivity contribution in [2.75, 3.05) is 31.2 Å². The van der Waals surface area contributed by atoms with Crippen molar-refractivity contribution in [3.8, 4) is 0 Å². The number of amides is 1. The summed E-state index contributed by atoms with van der Waals surface area (Å²) in [4.78, 5) is 25.4. The minimum absolute atomic E-state index is 0.0534. The molecule has 0 aliphatic rings. The van der Waals surface area contributed by atoms with Crippen molar-refractivity contribution >= 4 is 18.7 Å². The predicted octanol–water partition coefficient (Wildman–Crippen LogP) is 6.63. The van der Waals surface area contributed by atoms with Crippen LogP contribution in [0, 0.1) is 0 Å². The molecule has 0 unspecified atom stereocenters. The normalized spacial score (nSPS) is 12.7. The van der Waals surface area contributed by atoms with Crippen LogP contribution < -0.4 is 5.32 Å². The Morgan fingerprint density at radius 1 is 0.767 bits per heavy atom. The summed E-state index contributed by atoms with van der Waals surface area (Å²) < 4.78 is 6.60. The molecule has 5 heteroatoms. The summed E-state index contributed by atoms with van der Waals surface area (Å²) in [5, 5.41) is 2.77. The van der Waals surface area contributed by atoms with Crippen LogP contribution in [0.3, 0.4) is 0 Å². The average Bonchev–Trinajstić information content (AvgIpc) is 2.78. The molecular weight excluding hydrogens is 393 g/mol. The Kier molecular flexibility index (Phi) is 12.3. The maximum atomic E-state index is 13.0. The molecule has 0 aromatic heterocycles. The Labute approximate surface area is 184 Å². The van der Waals surface area contributed by atoms with Gasteiger partial charge in [0, 0.05) is 0 Å². The van der Waals surface area contributed by atoms with Crippen molar-refractivity contribution in [3.05, 3.63) is 35.9 Å². The van der Waals surface area contributed by atoms with E-state index in [1.807, 2.05) is 18.2 Å². The Bertz CT molecular complexity index is 589. The quantitative estimate of drug-likeness (QED) is 0.295. The van der Waals surface area contributed by atoms with Gasteiger partial charge in [0.1, 0.15) is 0 Å². The minimum atomic E-state index is -2.64. The number of benzene rings is 1. The molecule has 0 spiro atoms. The summed E-state index contributed by atoms with van der Waals surface area (Å²) in [5.41, 5.74) is 0.566. The molecule has 1 aromatic carbocycles. The van der Waals surface area contributed by atoms with Crippen LogP contribution in [-0.2, 0) is 9.32 Å². The maximum absolute atomic E-state index is 13.0. The third-order valence-electron chi connectivity index (χ3n) is 6.10. The average molecular weight is 438 g/mol. The zero-order valence-electron chi connectivity index (χ0n) is 19.8. The van der Waals surface area contributed by atoms with Crippen LogP contribution in [0.4, 0.5) is 0 Å². The van der Waals surface area contributed by atoms with E-state index in [1.165, 1.54) is 0 Å². The molecular formula is C25H44NO3P. The molecule has 0 aliphatic carbocycles. The van der Waals surface area contributed by atoms with Crippen molar-refractivity contribution in [2.45, 2.75) is 79.1 Å². The van der Waals surface area contributed by atoms with Crippen molar-refractivity contribution in [2.24, 2.45) is 0 Å². The second-order valence-corrected chi connectivity index (χ2v) is 14.4. The molecule has 0 saturated heterocycles. The van der Waals surface area contributed by atoms with Gasteiger partial charge in [-0.05, 0) is 0 Å². The van der Waals surface area contributed by atoms with Gasteiger partial charge in [-0.15, -0.1) is 0 Å². The summed E-state index contributed by atoms with van der Waals surface area (Å²) in [7, 11) is 0. The van der Waals surface area contributed by atoms with Gasteiger partial charge in [0.2, 0.25) is 0 Å². The van der Waals surface area contributed by atoms with E-state index >= 15 is 0 Å². The van der Waals surface area contributed by atoms with Gasteiger partial charge in [-0.1, -0.05) is 0 Å². The number of hydrogen-bond acceptors (Lipinski definition) is 3. The van der Waals surface area contributed by atoms with Gasteiger partial charge in [-0.25, -0.2) is 0 Å². The van der Waals surface area contributed by atoms with Gasteiger partial charge < -0.3 is 0 Å². The fourth-order valence-electron chi connectivity index (χ4n) is 4.25. The molecule has 0 radical (unpaired) electrons.